The van der Waals surface area contributed by atoms with Gasteiger partial charge in [0.05, 0.1) is 6.54 Å². The zero-order valence-electron chi connectivity index (χ0n) is 14.1. The zero-order chi connectivity index (χ0) is 15.8. The number of hydrogen-bond acceptors (Lipinski definition) is 3. The minimum atomic E-state index is 0.591. The van der Waals surface area contributed by atoms with Crippen molar-refractivity contribution in [3.63, 3.8) is 0 Å². The van der Waals surface area contributed by atoms with E-state index in [-0.39, 0.29) is 0 Å². The Morgan fingerprint density at radius 3 is 2.68 bits per heavy atom. The highest BCUT2D eigenvalue weighted by Crippen LogP contribution is 2.17. The maximum atomic E-state index is 4.70. The van der Waals surface area contributed by atoms with E-state index in [9.17, 15) is 0 Å². The molecule has 0 aromatic carbocycles. The molecule has 0 spiro atoms. The van der Waals surface area contributed by atoms with Gasteiger partial charge in [-0.05, 0) is 50.2 Å². The first kappa shape index (κ1) is 17.3. The lowest BCUT2D eigenvalue weighted by Crippen LogP contribution is -2.48. The molecule has 1 aliphatic heterocycles. The normalized spacial score (nSPS) is 17.9. The van der Waals surface area contributed by atoms with Crippen LogP contribution in [0.3, 0.4) is 0 Å². The van der Waals surface area contributed by atoms with Gasteiger partial charge in [-0.2, -0.15) is 0 Å². The highest BCUT2D eigenvalue weighted by molar-refractivity contribution is 7.09. The first-order chi connectivity index (χ1) is 10.7. The highest BCUT2D eigenvalue weighted by atomic mass is 32.1. The molecule has 0 amide bonds. The van der Waals surface area contributed by atoms with Gasteiger partial charge in [-0.15, -0.1) is 11.3 Å². The lowest BCUT2D eigenvalue weighted by molar-refractivity contribution is 0.192. The number of aliphatic imine (C=N–C) groups is 1. The van der Waals surface area contributed by atoms with E-state index in [4.69, 9.17) is 4.99 Å². The third kappa shape index (κ3) is 5.29. The summed E-state index contributed by atoms with van der Waals surface area (Å²) < 4.78 is 0. The largest absolute Gasteiger partial charge is 0.357 e. The molecule has 1 aromatic rings. The molecule has 1 aromatic heterocycles. The minimum absolute atomic E-state index is 0.591. The Labute approximate surface area is 139 Å². The fraction of sp³-hybridized carbons (Fsp3) is 0.706. The van der Waals surface area contributed by atoms with Crippen LogP contribution in [0.5, 0.6) is 0 Å². The van der Waals surface area contributed by atoms with Crippen LogP contribution in [-0.4, -0.2) is 43.1 Å². The molecule has 1 fully saturated rings. The summed E-state index contributed by atoms with van der Waals surface area (Å²) in [6, 6.07) is 4.81. The smallest absolute Gasteiger partial charge is 0.191 e. The summed E-state index contributed by atoms with van der Waals surface area (Å²) in [6.45, 7) is 11.9. The van der Waals surface area contributed by atoms with Gasteiger partial charge in [0.2, 0.25) is 0 Å². The standard InChI is InChI=1S/C17H30N4S/c1-4-18-17(19-12-15-8-7-11-22-15)20-13-16(14(2)3)21-9-5-6-10-21/h7-8,11,14,16H,4-6,9-10,12-13H2,1-3H3,(H2,18,19,20). The van der Waals surface area contributed by atoms with Crippen LogP contribution in [0.1, 0.15) is 38.5 Å². The topological polar surface area (TPSA) is 39.7 Å². The van der Waals surface area contributed by atoms with Crippen LogP contribution >= 0.6 is 11.3 Å². The fourth-order valence-electron chi connectivity index (χ4n) is 2.96. The summed E-state index contributed by atoms with van der Waals surface area (Å²) in [5, 5.41) is 9.00. The van der Waals surface area contributed by atoms with E-state index < -0.39 is 0 Å². The van der Waals surface area contributed by atoms with Crippen molar-refractivity contribution in [1.82, 2.24) is 15.5 Å². The highest BCUT2D eigenvalue weighted by Gasteiger charge is 2.24. The Kier molecular flexibility index (Phi) is 7.19. The van der Waals surface area contributed by atoms with Gasteiger partial charge in [0.1, 0.15) is 0 Å². The molecule has 0 aliphatic carbocycles. The summed E-state index contributed by atoms with van der Waals surface area (Å²) >= 11 is 1.76. The molecular weight excluding hydrogens is 292 g/mol. The van der Waals surface area contributed by atoms with Crippen LogP contribution < -0.4 is 10.6 Å². The third-order valence-electron chi connectivity index (χ3n) is 4.18. The first-order valence-corrected chi connectivity index (χ1v) is 9.37. The van der Waals surface area contributed by atoms with Crippen LogP contribution in [0.15, 0.2) is 22.5 Å². The Bertz CT molecular complexity index is 436. The molecule has 22 heavy (non-hydrogen) atoms. The minimum Gasteiger partial charge on any atom is -0.357 e. The number of nitrogens with one attached hydrogen (secondary N) is 2. The summed E-state index contributed by atoms with van der Waals surface area (Å²) in [4.78, 5) is 8.63. The van der Waals surface area contributed by atoms with Crippen molar-refractivity contribution in [2.75, 3.05) is 26.2 Å². The van der Waals surface area contributed by atoms with Gasteiger partial charge in [0.25, 0.3) is 0 Å². The number of nitrogens with zero attached hydrogens (tertiary/aromatic N) is 2. The molecule has 0 bridgehead atoms. The van der Waals surface area contributed by atoms with Crippen molar-refractivity contribution < 1.29 is 0 Å². The number of hydrogen-bond donors (Lipinski definition) is 2. The average molecular weight is 323 g/mol. The van der Waals surface area contributed by atoms with Crippen molar-refractivity contribution >= 4 is 17.3 Å². The van der Waals surface area contributed by atoms with Gasteiger partial charge in [0.15, 0.2) is 5.96 Å². The summed E-state index contributed by atoms with van der Waals surface area (Å²) in [7, 11) is 0. The van der Waals surface area contributed by atoms with Crippen LogP contribution in [0, 0.1) is 5.92 Å². The first-order valence-electron chi connectivity index (χ1n) is 8.49. The summed E-state index contributed by atoms with van der Waals surface area (Å²) in [5.74, 6) is 1.59. The Morgan fingerprint density at radius 2 is 2.09 bits per heavy atom. The third-order valence-corrected chi connectivity index (χ3v) is 5.04. The Morgan fingerprint density at radius 1 is 1.32 bits per heavy atom. The molecule has 2 heterocycles. The van der Waals surface area contributed by atoms with Gasteiger partial charge in [0, 0.05) is 24.0 Å². The van der Waals surface area contributed by atoms with Gasteiger partial charge in [-0.25, -0.2) is 4.99 Å². The van der Waals surface area contributed by atoms with E-state index in [1.54, 1.807) is 11.3 Å². The molecule has 0 radical (unpaired) electrons. The summed E-state index contributed by atoms with van der Waals surface area (Å²) in [5.41, 5.74) is 0. The van der Waals surface area contributed by atoms with Crippen molar-refractivity contribution in [2.24, 2.45) is 10.9 Å². The van der Waals surface area contributed by atoms with Crippen LogP contribution in [-0.2, 0) is 6.54 Å². The van der Waals surface area contributed by atoms with Crippen molar-refractivity contribution in [1.29, 1.82) is 0 Å². The molecule has 1 atom stereocenters. The van der Waals surface area contributed by atoms with Crippen molar-refractivity contribution in [3.05, 3.63) is 22.4 Å². The quantitative estimate of drug-likeness (QED) is 0.599. The molecule has 124 valence electrons. The lowest BCUT2D eigenvalue weighted by atomic mass is 10.0. The predicted octanol–water partition coefficient (Wildman–Crippen LogP) is 2.92. The molecule has 1 unspecified atom stereocenters. The maximum Gasteiger partial charge on any atom is 0.191 e. The second kappa shape index (κ2) is 9.16. The SMILES string of the molecule is CCNC(=NCc1cccs1)NCC(C(C)C)N1CCCC1. The van der Waals surface area contributed by atoms with E-state index in [1.165, 1.54) is 30.8 Å². The summed E-state index contributed by atoms with van der Waals surface area (Å²) in [6.07, 6.45) is 2.69. The van der Waals surface area contributed by atoms with E-state index in [0.29, 0.717) is 12.0 Å². The van der Waals surface area contributed by atoms with E-state index in [1.807, 2.05) is 0 Å². The molecule has 4 nitrogen and oxygen atoms in total. The molecule has 0 saturated carbocycles. The van der Waals surface area contributed by atoms with Gasteiger partial charge >= 0.3 is 0 Å². The molecule has 5 heteroatoms. The molecular formula is C17H30N4S. The number of likely N-dealkylation sites (tertiary alicyclic amines) is 1. The second-order valence-corrected chi connectivity index (χ2v) is 7.24. The molecule has 2 N–H and O–H groups in total. The monoisotopic (exact) mass is 322 g/mol. The van der Waals surface area contributed by atoms with Gasteiger partial charge in [-0.3, -0.25) is 4.90 Å². The van der Waals surface area contributed by atoms with E-state index >= 15 is 0 Å². The van der Waals surface area contributed by atoms with Crippen LogP contribution in [0.4, 0.5) is 0 Å². The Balaban J connectivity index is 1.89. The number of rotatable bonds is 7. The molecule has 1 saturated heterocycles. The van der Waals surface area contributed by atoms with Gasteiger partial charge < -0.3 is 10.6 Å². The van der Waals surface area contributed by atoms with E-state index in [0.717, 1.165) is 25.6 Å². The second-order valence-electron chi connectivity index (χ2n) is 6.21. The van der Waals surface area contributed by atoms with Crippen molar-refractivity contribution in [2.45, 2.75) is 46.2 Å². The van der Waals surface area contributed by atoms with Gasteiger partial charge in [-0.1, -0.05) is 19.9 Å². The van der Waals surface area contributed by atoms with Crippen LogP contribution in [0.2, 0.25) is 0 Å². The zero-order valence-corrected chi connectivity index (χ0v) is 15.0. The maximum absolute atomic E-state index is 4.70. The fourth-order valence-corrected chi connectivity index (χ4v) is 3.59. The lowest BCUT2D eigenvalue weighted by Gasteiger charge is -2.31. The molecule has 1 aliphatic rings. The number of guanidine groups is 1. The predicted molar refractivity (Wildman–Crippen MR) is 96.6 cm³/mol. The van der Waals surface area contributed by atoms with Crippen LogP contribution in [0.25, 0.3) is 0 Å². The Hall–Kier alpha value is -1.07. The number of thiophene rings is 1. The average Bonchev–Trinajstić information content (AvgIpc) is 3.18. The van der Waals surface area contributed by atoms with Crippen molar-refractivity contribution in [3.8, 4) is 0 Å². The van der Waals surface area contributed by atoms with E-state index in [2.05, 4.69) is 53.8 Å². The molecule has 2 rings (SSSR count).